The SMILES string of the molecule is CNC(=O)c1cnc2nc[nH]n2c1=O. The Labute approximate surface area is 77.8 Å². The van der Waals surface area contributed by atoms with Crippen LogP contribution >= 0.6 is 0 Å². The van der Waals surface area contributed by atoms with Crippen molar-refractivity contribution in [3.05, 3.63) is 28.4 Å². The third-order valence-electron chi connectivity index (χ3n) is 1.78. The van der Waals surface area contributed by atoms with Gasteiger partial charge in [-0.25, -0.2) is 9.97 Å². The van der Waals surface area contributed by atoms with E-state index in [1.165, 1.54) is 19.6 Å². The van der Waals surface area contributed by atoms with Gasteiger partial charge in [0, 0.05) is 13.2 Å². The van der Waals surface area contributed by atoms with E-state index in [9.17, 15) is 9.59 Å². The number of H-pyrrole nitrogens is 1. The highest BCUT2D eigenvalue weighted by Gasteiger charge is 2.11. The van der Waals surface area contributed by atoms with E-state index in [0.717, 1.165) is 4.52 Å². The van der Waals surface area contributed by atoms with Gasteiger partial charge in [0.15, 0.2) is 0 Å². The molecule has 0 saturated heterocycles. The number of aromatic amines is 1. The molecule has 0 spiro atoms. The smallest absolute Gasteiger partial charge is 0.286 e. The zero-order valence-corrected chi connectivity index (χ0v) is 7.31. The lowest BCUT2D eigenvalue weighted by Gasteiger charge is -1.97. The topological polar surface area (TPSA) is 92.2 Å². The Balaban J connectivity index is 2.74. The third-order valence-corrected chi connectivity index (χ3v) is 1.78. The van der Waals surface area contributed by atoms with Gasteiger partial charge in [0.2, 0.25) is 0 Å². The molecule has 2 aromatic rings. The second-order valence-corrected chi connectivity index (χ2v) is 2.58. The molecule has 0 atom stereocenters. The summed E-state index contributed by atoms with van der Waals surface area (Å²) in [6.45, 7) is 0. The maximum atomic E-state index is 11.6. The molecule has 1 amide bonds. The molecule has 0 saturated carbocycles. The molecule has 2 N–H and O–H groups in total. The standard InChI is InChI=1S/C7H7N5O2/c1-8-5(13)4-2-9-7-10-3-11-12(7)6(4)14/h2-3H,1H3,(H,8,13)(H,9,10,11). The van der Waals surface area contributed by atoms with E-state index in [-0.39, 0.29) is 11.3 Å². The Morgan fingerprint density at radius 1 is 1.57 bits per heavy atom. The van der Waals surface area contributed by atoms with E-state index >= 15 is 0 Å². The summed E-state index contributed by atoms with van der Waals surface area (Å²) in [7, 11) is 1.45. The Morgan fingerprint density at radius 3 is 3.07 bits per heavy atom. The minimum absolute atomic E-state index is 0.0192. The van der Waals surface area contributed by atoms with Gasteiger partial charge < -0.3 is 5.32 Å². The normalized spacial score (nSPS) is 10.4. The van der Waals surface area contributed by atoms with Crippen LogP contribution in [0.1, 0.15) is 10.4 Å². The quantitative estimate of drug-likeness (QED) is 0.593. The van der Waals surface area contributed by atoms with E-state index in [1.54, 1.807) is 0 Å². The van der Waals surface area contributed by atoms with Crippen molar-refractivity contribution < 1.29 is 4.79 Å². The van der Waals surface area contributed by atoms with E-state index in [1.807, 2.05) is 0 Å². The van der Waals surface area contributed by atoms with Crippen LogP contribution in [0.4, 0.5) is 0 Å². The molecule has 14 heavy (non-hydrogen) atoms. The van der Waals surface area contributed by atoms with Gasteiger partial charge in [-0.1, -0.05) is 0 Å². The van der Waals surface area contributed by atoms with Crippen molar-refractivity contribution in [2.75, 3.05) is 7.05 Å². The Morgan fingerprint density at radius 2 is 2.36 bits per heavy atom. The van der Waals surface area contributed by atoms with Crippen LogP contribution in [-0.4, -0.2) is 32.5 Å². The lowest BCUT2D eigenvalue weighted by Crippen LogP contribution is -2.29. The Hall–Kier alpha value is -2.18. The van der Waals surface area contributed by atoms with Gasteiger partial charge in [0.05, 0.1) is 0 Å². The molecule has 7 heteroatoms. The highest BCUT2D eigenvalue weighted by atomic mass is 16.2. The Bertz CT molecular complexity index is 540. The minimum Gasteiger partial charge on any atom is -0.355 e. The highest BCUT2D eigenvalue weighted by molar-refractivity contribution is 5.93. The number of rotatable bonds is 1. The molecule has 0 bridgehead atoms. The van der Waals surface area contributed by atoms with Gasteiger partial charge in [-0.2, -0.15) is 4.52 Å². The van der Waals surface area contributed by atoms with Crippen molar-refractivity contribution in [3.8, 4) is 0 Å². The zero-order valence-electron chi connectivity index (χ0n) is 7.31. The fourth-order valence-electron chi connectivity index (χ4n) is 1.09. The highest BCUT2D eigenvalue weighted by Crippen LogP contribution is 1.91. The van der Waals surface area contributed by atoms with Gasteiger partial charge in [0.25, 0.3) is 17.2 Å². The van der Waals surface area contributed by atoms with Crippen LogP contribution in [0.3, 0.4) is 0 Å². The minimum atomic E-state index is -0.466. The van der Waals surface area contributed by atoms with Crippen LogP contribution in [0.5, 0.6) is 0 Å². The van der Waals surface area contributed by atoms with Gasteiger partial charge in [0.1, 0.15) is 11.9 Å². The van der Waals surface area contributed by atoms with Gasteiger partial charge >= 0.3 is 0 Å². The molecule has 0 unspecified atom stereocenters. The summed E-state index contributed by atoms with van der Waals surface area (Å²) in [5, 5.41) is 4.91. The molecule has 0 aliphatic carbocycles. The van der Waals surface area contributed by atoms with Crippen molar-refractivity contribution in [1.82, 2.24) is 24.9 Å². The van der Waals surface area contributed by atoms with Crippen molar-refractivity contribution in [2.45, 2.75) is 0 Å². The number of carbonyl (C=O) groups is 1. The summed E-state index contributed by atoms with van der Waals surface area (Å²) < 4.78 is 1.10. The average molecular weight is 193 g/mol. The van der Waals surface area contributed by atoms with Crippen LogP contribution in [0, 0.1) is 0 Å². The monoisotopic (exact) mass is 193 g/mol. The van der Waals surface area contributed by atoms with E-state index in [0.29, 0.717) is 0 Å². The first-order valence-electron chi connectivity index (χ1n) is 3.87. The van der Waals surface area contributed by atoms with Gasteiger partial charge in [-0.3, -0.25) is 14.7 Å². The summed E-state index contributed by atoms with van der Waals surface area (Å²) in [6, 6.07) is 0. The molecule has 0 aliphatic heterocycles. The number of hydrogen-bond donors (Lipinski definition) is 2. The number of aromatic nitrogens is 4. The lowest BCUT2D eigenvalue weighted by atomic mass is 10.3. The fraction of sp³-hybridized carbons (Fsp3) is 0.143. The van der Waals surface area contributed by atoms with Crippen molar-refractivity contribution in [1.29, 1.82) is 0 Å². The first-order valence-corrected chi connectivity index (χ1v) is 3.87. The summed E-state index contributed by atoms with van der Waals surface area (Å²) in [5.41, 5.74) is -0.485. The molecule has 72 valence electrons. The average Bonchev–Trinajstić information content (AvgIpc) is 2.66. The van der Waals surface area contributed by atoms with Crippen molar-refractivity contribution >= 4 is 11.7 Å². The number of nitrogens with one attached hydrogen (secondary N) is 2. The van der Waals surface area contributed by atoms with E-state index in [2.05, 4.69) is 20.4 Å². The predicted octanol–water partition coefficient (Wildman–Crippen LogP) is -1.22. The molecule has 0 aliphatic rings. The second kappa shape index (κ2) is 2.95. The predicted molar refractivity (Wildman–Crippen MR) is 47.0 cm³/mol. The summed E-state index contributed by atoms with van der Waals surface area (Å²) in [5.74, 6) is -0.228. The third kappa shape index (κ3) is 1.06. The molecule has 2 rings (SSSR count). The molecule has 2 heterocycles. The van der Waals surface area contributed by atoms with Crippen molar-refractivity contribution in [2.24, 2.45) is 0 Å². The summed E-state index contributed by atoms with van der Waals surface area (Å²) >= 11 is 0. The molecular formula is C7H7N5O2. The number of nitrogens with zero attached hydrogens (tertiary/aromatic N) is 3. The van der Waals surface area contributed by atoms with Crippen molar-refractivity contribution in [3.63, 3.8) is 0 Å². The lowest BCUT2D eigenvalue weighted by molar-refractivity contribution is 0.0961. The molecule has 2 aromatic heterocycles. The van der Waals surface area contributed by atoms with Crippen LogP contribution in [-0.2, 0) is 0 Å². The molecule has 0 aromatic carbocycles. The first kappa shape index (κ1) is 8.42. The molecular weight excluding hydrogens is 186 g/mol. The van der Waals surface area contributed by atoms with Crippen LogP contribution in [0.15, 0.2) is 17.3 Å². The summed E-state index contributed by atoms with van der Waals surface area (Å²) in [4.78, 5) is 30.4. The number of carbonyl (C=O) groups excluding carboxylic acids is 1. The zero-order chi connectivity index (χ0) is 10.1. The number of hydrogen-bond acceptors (Lipinski definition) is 4. The Kier molecular flexibility index (Phi) is 1.77. The fourth-order valence-corrected chi connectivity index (χ4v) is 1.09. The van der Waals surface area contributed by atoms with Crippen LogP contribution in [0.2, 0.25) is 0 Å². The number of amides is 1. The maximum Gasteiger partial charge on any atom is 0.286 e. The molecule has 0 radical (unpaired) electrons. The number of fused-ring (bicyclic) bond motifs is 1. The largest absolute Gasteiger partial charge is 0.355 e. The maximum absolute atomic E-state index is 11.6. The van der Waals surface area contributed by atoms with Crippen LogP contribution in [0.25, 0.3) is 5.78 Å². The molecule has 7 nitrogen and oxygen atoms in total. The van der Waals surface area contributed by atoms with E-state index in [4.69, 9.17) is 0 Å². The van der Waals surface area contributed by atoms with Crippen LogP contribution < -0.4 is 10.9 Å². The first-order chi connectivity index (χ1) is 6.74. The summed E-state index contributed by atoms with van der Waals surface area (Å²) in [6.07, 6.45) is 2.54. The van der Waals surface area contributed by atoms with Gasteiger partial charge in [-0.05, 0) is 0 Å². The molecule has 0 fully saturated rings. The van der Waals surface area contributed by atoms with E-state index < -0.39 is 11.5 Å². The second-order valence-electron chi connectivity index (χ2n) is 2.58. The van der Waals surface area contributed by atoms with Gasteiger partial charge in [-0.15, -0.1) is 0 Å².